The molecule has 0 aliphatic carbocycles. The molecule has 0 aromatic carbocycles. The van der Waals surface area contributed by atoms with Crippen LogP contribution < -0.4 is 5.32 Å². The molecule has 0 spiro atoms. The molecular weight excluding hydrogens is 488 g/mol. The minimum Gasteiger partial charge on any atom is -0.444 e. The molecule has 1 N–H and O–H groups in total. The number of nitrogens with one attached hydrogen (secondary N) is 1. The SMILES string of the molecule is CCCc1cc(Nc2ncc(C)s2)nc(C2CCN(C(=O)C3(C)CCCN3C(=O)OC(C)(C)C)CC2)n1. The normalized spacial score (nSPS) is 20.8. The molecule has 4 rings (SSSR count). The van der Waals surface area contributed by atoms with E-state index in [-0.39, 0.29) is 11.8 Å². The first-order valence-corrected chi connectivity index (χ1v) is 14.2. The molecule has 2 aliphatic heterocycles. The molecule has 1 atom stereocenters. The molecule has 0 bridgehead atoms. The Balaban J connectivity index is 1.44. The molecule has 1 unspecified atom stereocenters. The first kappa shape index (κ1) is 27.3. The lowest BCUT2D eigenvalue weighted by Gasteiger charge is -2.40. The van der Waals surface area contributed by atoms with E-state index < -0.39 is 17.2 Å². The Morgan fingerprint density at radius 1 is 1.22 bits per heavy atom. The lowest BCUT2D eigenvalue weighted by atomic mass is 9.92. The van der Waals surface area contributed by atoms with Gasteiger partial charge in [-0.15, -0.1) is 11.3 Å². The molecule has 2 saturated heterocycles. The number of carbonyl (C=O) groups is 2. The van der Waals surface area contributed by atoms with Crippen LogP contribution in [0.1, 0.15) is 89.0 Å². The predicted octanol–water partition coefficient (Wildman–Crippen LogP) is 5.43. The third-order valence-corrected chi connectivity index (χ3v) is 7.85. The van der Waals surface area contributed by atoms with Crippen molar-refractivity contribution in [3.63, 3.8) is 0 Å². The average molecular weight is 529 g/mol. The van der Waals surface area contributed by atoms with Gasteiger partial charge in [0, 0.05) is 48.4 Å². The van der Waals surface area contributed by atoms with Gasteiger partial charge in [-0.05, 0) is 66.7 Å². The fourth-order valence-corrected chi connectivity index (χ4v) is 5.82. The highest BCUT2D eigenvalue weighted by Gasteiger charge is 2.49. The lowest BCUT2D eigenvalue weighted by molar-refractivity contribution is -0.143. The van der Waals surface area contributed by atoms with Crippen molar-refractivity contribution < 1.29 is 14.3 Å². The molecule has 2 aromatic heterocycles. The molecule has 2 fully saturated rings. The Hall–Kier alpha value is -2.75. The molecule has 2 amide bonds. The summed E-state index contributed by atoms with van der Waals surface area (Å²) in [5.41, 5.74) is -0.441. The fourth-order valence-electron chi connectivity index (χ4n) is 5.15. The van der Waals surface area contributed by atoms with Gasteiger partial charge in [0.15, 0.2) is 5.13 Å². The van der Waals surface area contributed by atoms with E-state index in [0.717, 1.165) is 59.4 Å². The number of nitrogens with zero attached hydrogens (tertiary/aromatic N) is 5. The van der Waals surface area contributed by atoms with Crippen LogP contribution in [0.5, 0.6) is 0 Å². The van der Waals surface area contributed by atoms with Crippen molar-refractivity contribution in [3.05, 3.63) is 28.7 Å². The van der Waals surface area contributed by atoms with E-state index >= 15 is 0 Å². The van der Waals surface area contributed by atoms with E-state index in [2.05, 4.69) is 17.2 Å². The third-order valence-electron chi connectivity index (χ3n) is 7.02. The molecule has 2 aromatic rings. The Bertz CT molecular complexity index is 1120. The molecule has 10 heteroatoms. The first-order valence-electron chi connectivity index (χ1n) is 13.4. The second-order valence-electron chi connectivity index (χ2n) is 11.3. The zero-order chi connectivity index (χ0) is 26.8. The summed E-state index contributed by atoms with van der Waals surface area (Å²) in [6.07, 6.45) is 6.36. The number of piperidine rings is 1. The van der Waals surface area contributed by atoms with Crippen molar-refractivity contribution in [1.82, 2.24) is 24.8 Å². The van der Waals surface area contributed by atoms with Gasteiger partial charge < -0.3 is 15.0 Å². The van der Waals surface area contributed by atoms with Gasteiger partial charge >= 0.3 is 6.09 Å². The summed E-state index contributed by atoms with van der Waals surface area (Å²) in [5.74, 6) is 1.79. The van der Waals surface area contributed by atoms with Crippen molar-refractivity contribution in [2.45, 2.75) is 97.1 Å². The highest BCUT2D eigenvalue weighted by molar-refractivity contribution is 7.15. The van der Waals surface area contributed by atoms with Crippen LogP contribution in [0.3, 0.4) is 0 Å². The van der Waals surface area contributed by atoms with Crippen LogP contribution in [0.25, 0.3) is 0 Å². The highest BCUT2D eigenvalue weighted by Crippen LogP contribution is 2.35. The number of ether oxygens (including phenoxy) is 1. The van der Waals surface area contributed by atoms with Crippen LogP contribution >= 0.6 is 11.3 Å². The molecule has 37 heavy (non-hydrogen) atoms. The van der Waals surface area contributed by atoms with Gasteiger partial charge in [-0.2, -0.15) is 0 Å². The number of thiazole rings is 1. The van der Waals surface area contributed by atoms with Crippen LogP contribution in [0.15, 0.2) is 12.3 Å². The van der Waals surface area contributed by atoms with Crippen LogP contribution in [0.4, 0.5) is 15.7 Å². The number of hydrogen-bond acceptors (Lipinski definition) is 8. The van der Waals surface area contributed by atoms with Gasteiger partial charge in [-0.25, -0.2) is 19.7 Å². The summed E-state index contributed by atoms with van der Waals surface area (Å²) in [6.45, 7) is 13.4. The number of hydrogen-bond donors (Lipinski definition) is 1. The molecule has 202 valence electrons. The quantitative estimate of drug-likeness (QED) is 0.533. The van der Waals surface area contributed by atoms with Crippen LogP contribution in [-0.2, 0) is 16.0 Å². The van der Waals surface area contributed by atoms with Crippen molar-refractivity contribution in [2.24, 2.45) is 0 Å². The smallest absolute Gasteiger partial charge is 0.411 e. The zero-order valence-electron chi connectivity index (χ0n) is 23.0. The monoisotopic (exact) mass is 528 g/mol. The van der Waals surface area contributed by atoms with Crippen molar-refractivity contribution in [3.8, 4) is 0 Å². The van der Waals surface area contributed by atoms with Crippen LogP contribution in [0.2, 0.25) is 0 Å². The topological polar surface area (TPSA) is 101 Å². The number of aryl methyl sites for hydroxylation is 2. The Labute approximate surface area is 224 Å². The maximum Gasteiger partial charge on any atom is 0.411 e. The number of carbonyl (C=O) groups excluding carboxylic acids is 2. The fraction of sp³-hybridized carbons (Fsp3) is 0.667. The van der Waals surface area contributed by atoms with Crippen molar-refractivity contribution >= 4 is 34.3 Å². The number of rotatable bonds is 6. The maximum absolute atomic E-state index is 13.7. The van der Waals surface area contributed by atoms with Crippen molar-refractivity contribution in [1.29, 1.82) is 0 Å². The van der Waals surface area contributed by atoms with E-state index in [4.69, 9.17) is 14.7 Å². The maximum atomic E-state index is 13.7. The minimum absolute atomic E-state index is 0.0106. The molecule has 4 heterocycles. The van der Waals surface area contributed by atoms with Gasteiger partial charge in [-0.3, -0.25) is 9.69 Å². The zero-order valence-corrected chi connectivity index (χ0v) is 23.8. The number of amides is 2. The standard InChI is InChI=1S/C27H40N6O3S/c1-7-9-20-16-21(31-24-28-17-18(2)37-24)30-22(29-20)19-10-14-32(15-11-19)23(34)27(6)12-8-13-33(27)25(35)36-26(3,4)5/h16-17,19H,7-15H2,1-6H3,(H,28,29,30,31). The average Bonchev–Trinajstić information content (AvgIpc) is 3.43. The Kier molecular flexibility index (Phi) is 8.06. The van der Waals surface area contributed by atoms with E-state index in [1.54, 1.807) is 16.2 Å². The molecule has 2 aliphatic rings. The van der Waals surface area contributed by atoms with Gasteiger partial charge in [-0.1, -0.05) is 13.3 Å². The van der Waals surface area contributed by atoms with E-state index in [0.29, 0.717) is 26.1 Å². The summed E-state index contributed by atoms with van der Waals surface area (Å²) >= 11 is 1.60. The van der Waals surface area contributed by atoms with Crippen LogP contribution in [-0.4, -0.2) is 67.5 Å². The number of anilines is 2. The molecule has 0 saturated carbocycles. The molecule has 0 radical (unpaired) electrons. The molecule has 9 nitrogen and oxygen atoms in total. The van der Waals surface area contributed by atoms with E-state index in [1.165, 1.54) is 0 Å². The predicted molar refractivity (Wildman–Crippen MR) is 145 cm³/mol. The summed E-state index contributed by atoms with van der Waals surface area (Å²) < 4.78 is 5.61. The Morgan fingerprint density at radius 2 is 1.95 bits per heavy atom. The van der Waals surface area contributed by atoms with Gasteiger partial charge in [0.2, 0.25) is 5.91 Å². The molecular formula is C27H40N6O3S. The minimum atomic E-state index is -0.865. The van der Waals surface area contributed by atoms with E-state index in [9.17, 15) is 9.59 Å². The summed E-state index contributed by atoms with van der Waals surface area (Å²) in [5, 5.41) is 4.17. The van der Waals surface area contributed by atoms with Gasteiger partial charge in [0.1, 0.15) is 22.8 Å². The van der Waals surface area contributed by atoms with E-state index in [1.807, 2.05) is 51.8 Å². The number of likely N-dealkylation sites (tertiary alicyclic amines) is 2. The van der Waals surface area contributed by atoms with Gasteiger partial charge in [0.05, 0.1) is 0 Å². The lowest BCUT2D eigenvalue weighted by Crippen LogP contribution is -2.58. The third kappa shape index (κ3) is 6.40. The first-order chi connectivity index (χ1) is 17.5. The largest absolute Gasteiger partial charge is 0.444 e. The number of aromatic nitrogens is 3. The summed E-state index contributed by atoms with van der Waals surface area (Å²) in [7, 11) is 0. The van der Waals surface area contributed by atoms with Crippen LogP contribution in [0, 0.1) is 6.92 Å². The van der Waals surface area contributed by atoms with Gasteiger partial charge in [0.25, 0.3) is 0 Å². The van der Waals surface area contributed by atoms with Crippen molar-refractivity contribution in [2.75, 3.05) is 25.0 Å². The summed E-state index contributed by atoms with van der Waals surface area (Å²) in [4.78, 5) is 45.3. The second kappa shape index (κ2) is 10.9. The second-order valence-corrected chi connectivity index (χ2v) is 12.6. The Morgan fingerprint density at radius 3 is 2.57 bits per heavy atom. The highest BCUT2D eigenvalue weighted by atomic mass is 32.1. The summed E-state index contributed by atoms with van der Waals surface area (Å²) in [6, 6.07) is 2.01.